The first kappa shape index (κ1) is 12.3. The summed E-state index contributed by atoms with van der Waals surface area (Å²) in [6.45, 7) is 1.84. The Morgan fingerprint density at radius 1 is 1.47 bits per heavy atom. The average molecular weight is 299 g/mol. The van der Waals surface area contributed by atoms with Gasteiger partial charge in [-0.05, 0) is 28.9 Å². The fourth-order valence-corrected chi connectivity index (χ4v) is 2.15. The van der Waals surface area contributed by atoms with Gasteiger partial charge in [0.15, 0.2) is 0 Å². The molecule has 0 aliphatic heterocycles. The SMILES string of the molecule is Cc1ncc(C(O)c2cccc(F)c2Br)n1C. The quantitative estimate of drug-likeness (QED) is 0.926. The monoisotopic (exact) mass is 298 g/mol. The molecule has 17 heavy (non-hydrogen) atoms. The molecule has 0 saturated heterocycles. The molecule has 5 heteroatoms. The van der Waals surface area contributed by atoms with Gasteiger partial charge in [-0.25, -0.2) is 9.37 Å². The largest absolute Gasteiger partial charge is 0.382 e. The number of aryl methyl sites for hydroxylation is 1. The van der Waals surface area contributed by atoms with Crippen LogP contribution in [0.3, 0.4) is 0 Å². The lowest BCUT2D eigenvalue weighted by molar-refractivity contribution is 0.210. The summed E-state index contributed by atoms with van der Waals surface area (Å²) >= 11 is 3.14. The highest BCUT2D eigenvalue weighted by Gasteiger charge is 2.19. The summed E-state index contributed by atoms with van der Waals surface area (Å²) in [5.74, 6) is 0.409. The van der Waals surface area contributed by atoms with Crippen LogP contribution in [-0.2, 0) is 7.05 Å². The fraction of sp³-hybridized carbons (Fsp3) is 0.250. The predicted molar refractivity (Wildman–Crippen MR) is 66.1 cm³/mol. The van der Waals surface area contributed by atoms with Gasteiger partial charge in [-0.2, -0.15) is 0 Å². The highest BCUT2D eigenvalue weighted by atomic mass is 79.9. The van der Waals surface area contributed by atoms with E-state index in [1.165, 1.54) is 6.07 Å². The van der Waals surface area contributed by atoms with E-state index >= 15 is 0 Å². The average Bonchev–Trinajstić information content (AvgIpc) is 2.63. The van der Waals surface area contributed by atoms with E-state index in [0.29, 0.717) is 11.3 Å². The molecule has 1 aromatic heterocycles. The van der Waals surface area contributed by atoms with Crippen LogP contribution in [0.2, 0.25) is 0 Å². The lowest BCUT2D eigenvalue weighted by Crippen LogP contribution is -2.07. The first-order valence-electron chi connectivity index (χ1n) is 5.12. The smallest absolute Gasteiger partial charge is 0.137 e. The van der Waals surface area contributed by atoms with Crippen LogP contribution in [0.4, 0.5) is 4.39 Å². The molecule has 0 amide bonds. The summed E-state index contributed by atoms with van der Waals surface area (Å²) < 4.78 is 15.4. The summed E-state index contributed by atoms with van der Waals surface area (Å²) in [7, 11) is 1.81. The van der Waals surface area contributed by atoms with E-state index in [-0.39, 0.29) is 10.3 Å². The first-order chi connectivity index (χ1) is 8.02. The van der Waals surface area contributed by atoms with E-state index in [1.807, 2.05) is 14.0 Å². The van der Waals surface area contributed by atoms with Gasteiger partial charge in [0.25, 0.3) is 0 Å². The van der Waals surface area contributed by atoms with Crippen LogP contribution in [0, 0.1) is 12.7 Å². The topological polar surface area (TPSA) is 38.1 Å². The molecule has 0 fully saturated rings. The number of rotatable bonds is 2. The molecule has 0 saturated carbocycles. The molecule has 1 heterocycles. The van der Waals surface area contributed by atoms with Crippen LogP contribution in [0.15, 0.2) is 28.9 Å². The van der Waals surface area contributed by atoms with Gasteiger partial charge < -0.3 is 9.67 Å². The number of aliphatic hydroxyl groups is 1. The Morgan fingerprint density at radius 2 is 2.18 bits per heavy atom. The van der Waals surface area contributed by atoms with E-state index in [2.05, 4.69) is 20.9 Å². The normalized spacial score (nSPS) is 12.8. The second kappa shape index (κ2) is 4.58. The second-order valence-corrected chi connectivity index (χ2v) is 4.63. The highest BCUT2D eigenvalue weighted by molar-refractivity contribution is 9.10. The Balaban J connectivity index is 2.47. The van der Waals surface area contributed by atoms with Gasteiger partial charge in [-0.1, -0.05) is 12.1 Å². The van der Waals surface area contributed by atoms with Crippen molar-refractivity contribution in [3.63, 3.8) is 0 Å². The van der Waals surface area contributed by atoms with Gasteiger partial charge in [-0.3, -0.25) is 0 Å². The van der Waals surface area contributed by atoms with Gasteiger partial charge in [0, 0.05) is 12.6 Å². The van der Waals surface area contributed by atoms with Crippen molar-refractivity contribution in [3.05, 3.63) is 51.8 Å². The van der Waals surface area contributed by atoms with Crippen molar-refractivity contribution in [1.82, 2.24) is 9.55 Å². The van der Waals surface area contributed by atoms with Crippen molar-refractivity contribution in [3.8, 4) is 0 Å². The molecule has 0 spiro atoms. The van der Waals surface area contributed by atoms with Gasteiger partial charge in [0.2, 0.25) is 0 Å². The van der Waals surface area contributed by atoms with Gasteiger partial charge >= 0.3 is 0 Å². The molecule has 0 bridgehead atoms. The molecule has 0 radical (unpaired) electrons. The maximum atomic E-state index is 13.4. The minimum Gasteiger partial charge on any atom is -0.382 e. The number of aromatic nitrogens is 2. The van der Waals surface area contributed by atoms with Crippen LogP contribution in [0.1, 0.15) is 23.2 Å². The standard InChI is InChI=1S/C12H12BrFN2O/c1-7-15-6-10(16(7)2)12(17)8-4-3-5-9(14)11(8)13/h3-6,12,17H,1-2H3. The molecule has 1 N–H and O–H groups in total. The number of aliphatic hydroxyl groups excluding tert-OH is 1. The van der Waals surface area contributed by atoms with Crippen molar-refractivity contribution in [2.24, 2.45) is 7.05 Å². The Kier molecular flexibility index (Phi) is 3.31. The molecular formula is C12H12BrFN2O. The molecule has 0 aliphatic rings. The molecule has 1 aromatic carbocycles. The second-order valence-electron chi connectivity index (χ2n) is 3.83. The summed E-state index contributed by atoms with van der Waals surface area (Å²) in [6, 6.07) is 4.59. The van der Waals surface area contributed by atoms with E-state index in [9.17, 15) is 9.50 Å². The van der Waals surface area contributed by atoms with Crippen LogP contribution in [-0.4, -0.2) is 14.7 Å². The zero-order valence-corrected chi connectivity index (χ0v) is 11.1. The van der Waals surface area contributed by atoms with Crippen LogP contribution >= 0.6 is 15.9 Å². The first-order valence-corrected chi connectivity index (χ1v) is 5.92. The summed E-state index contributed by atoms with van der Waals surface area (Å²) in [5.41, 5.74) is 1.13. The maximum Gasteiger partial charge on any atom is 0.137 e. The van der Waals surface area contributed by atoms with Gasteiger partial charge in [0.1, 0.15) is 17.7 Å². The summed E-state index contributed by atoms with van der Waals surface area (Å²) in [6.07, 6.45) is 0.698. The Labute approximate surface area is 107 Å². The Bertz CT molecular complexity index is 553. The number of nitrogens with zero attached hydrogens (tertiary/aromatic N) is 2. The fourth-order valence-electron chi connectivity index (χ4n) is 1.66. The van der Waals surface area contributed by atoms with Gasteiger partial charge in [-0.15, -0.1) is 0 Å². The maximum absolute atomic E-state index is 13.4. The molecule has 0 aliphatic carbocycles. The molecule has 1 unspecified atom stereocenters. The van der Waals surface area contributed by atoms with E-state index in [4.69, 9.17) is 0 Å². The van der Waals surface area contributed by atoms with Crippen LogP contribution < -0.4 is 0 Å². The number of halogens is 2. The van der Waals surface area contributed by atoms with Crippen molar-refractivity contribution in [2.45, 2.75) is 13.0 Å². The molecule has 2 rings (SSSR count). The van der Waals surface area contributed by atoms with Crippen molar-refractivity contribution in [1.29, 1.82) is 0 Å². The molecule has 90 valence electrons. The lowest BCUT2D eigenvalue weighted by Gasteiger charge is -2.14. The Hall–Kier alpha value is -1.20. The van der Waals surface area contributed by atoms with Crippen molar-refractivity contribution in [2.75, 3.05) is 0 Å². The lowest BCUT2D eigenvalue weighted by atomic mass is 10.1. The molecular weight excluding hydrogens is 287 g/mol. The number of hydrogen-bond acceptors (Lipinski definition) is 2. The Morgan fingerprint density at radius 3 is 2.76 bits per heavy atom. The summed E-state index contributed by atoms with van der Waals surface area (Å²) in [4.78, 5) is 4.11. The zero-order valence-electron chi connectivity index (χ0n) is 9.48. The third kappa shape index (κ3) is 2.12. The van der Waals surface area contributed by atoms with E-state index < -0.39 is 6.10 Å². The van der Waals surface area contributed by atoms with E-state index in [0.717, 1.165) is 5.82 Å². The van der Waals surface area contributed by atoms with E-state index in [1.54, 1.807) is 22.9 Å². The van der Waals surface area contributed by atoms with Crippen LogP contribution in [0.5, 0.6) is 0 Å². The number of imidazole rings is 1. The number of benzene rings is 1. The minimum absolute atomic E-state index is 0.284. The molecule has 2 aromatic rings. The van der Waals surface area contributed by atoms with Crippen molar-refractivity contribution >= 4 is 15.9 Å². The third-order valence-electron chi connectivity index (χ3n) is 2.81. The highest BCUT2D eigenvalue weighted by Crippen LogP contribution is 2.30. The van der Waals surface area contributed by atoms with Crippen molar-refractivity contribution < 1.29 is 9.50 Å². The predicted octanol–water partition coefficient (Wildman–Crippen LogP) is 2.71. The number of hydrogen-bond donors (Lipinski definition) is 1. The van der Waals surface area contributed by atoms with Gasteiger partial charge in [0.05, 0.1) is 16.4 Å². The minimum atomic E-state index is -0.897. The van der Waals surface area contributed by atoms with Crippen LogP contribution in [0.25, 0.3) is 0 Å². The zero-order chi connectivity index (χ0) is 12.6. The third-order valence-corrected chi connectivity index (χ3v) is 3.65. The summed E-state index contributed by atoms with van der Waals surface area (Å²) in [5, 5.41) is 10.2. The molecule has 1 atom stereocenters. The molecule has 3 nitrogen and oxygen atoms in total.